The Labute approximate surface area is 360 Å². The van der Waals surface area contributed by atoms with E-state index in [1.807, 2.05) is 0 Å². The lowest BCUT2D eigenvalue weighted by Gasteiger charge is -2.30. The molecule has 1 N–H and O–H groups in total. The van der Waals surface area contributed by atoms with E-state index in [2.05, 4.69) is 227 Å². The maximum Gasteiger partial charge on any atom is 0.161 e. The van der Waals surface area contributed by atoms with E-state index in [1.54, 1.807) is 0 Å². The zero-order valence-electron chi connectivity index (χ0n) is 34.1. The average molecular weight is 798 g/mol. The summed E-state index contributed by atoms with van der Waals surface area (Å²) in [5.74, 6) is 2.16. The molecule has 1 aliphatic heterocycles. The summed E-state index contributed by atoms with van der Waals surface area (Å²) in [6, 6.07) is 61.0. The highest BCUT2D eigenvalue weighted by atomic mass is 15.2. The molecule has 3 unspecified atom stereocenters. The summed E-state index contributed by atoms with van der Waals surface area (Å²) in [7, 11) is 0. The van der Waals surface area contributed by atoms with Crippen molar-refractivity contribution in [3.05, 3.63) is 229 Å². The molecule has 2 aromatic heterocycles. The van der Waals surface area contributed by atoms with Crippen LogP contribution in [0.25, 0.3) is 66.1 Å². The fraction of sp³-hybridized carbons (Fsp3) is 0.0877. The minimum Gasteiger partial charge on any atom is -0.347 e. The molecule has 0 radical (unpaired) electrons. The van der Waals surface area contributed by atoms with Gasteiger partial charge < -0.3 is 14.5 Å². The molecule has 12 rings (SSSR count). The van der Waals surface area contributed by atoms with Crippen molar-refractivity contribution in [3.8, 4) is 22.5 Å². The van der Waals surface area contributed by atoms with Crippen LogP contribution >= 0.6 is 0 Å². The van der Waals surface area contributed by atoms with Gasteiger partial charge in [0.2, 0.25) is 0 Å². The number of hydrogen-bond donors (Lipinski definition) is 1. The Bertz CT molecular complexity index is 3390. The number of nitrogens with one attached hydrogen (secondary N) is 1. The summed E-state index contributed by atoms with van der Waals surface area (Å²) in [5, 5.41) is 8.65. The molecule has 0 saturated carbocycles. The number of aromatic nitrogens is 2. The third kappa shape index (κ3) is 6.08. The van der Waals surface area contributed by atoms with E-state index in [1.165, 1.54) is 49.3 Å². The first-order valence-corrected chi connectivity index (χ1v) is 21.7. The molecule has 0 amide bonds. The number of amidine groups is 2. The number of nitrogens with zero attached hydrogens (tertiary/aromatic N) is 4. The zero-order chi connectivity index (χ0) is 41.0. The summed E-state index contributed by atoms with van der Waals surface area (Å²) in [6.45, 7) is 0. The van der Waals surface area contributed by atoms with Crippen LogP contribution in [0.4, 0.5) is 0 Å². The van der Waals surface area contributed by atoms with Crippen molar-refractivity contribution in [2.45, 2.75) is 19.0 Å². The molecule has 3 heterocycles. The van der Waals surface area contributed by atoms with Crippen molar-refractivity contribution in [2.24, 2.45) is 21.8 Å². The summed E-state index contributed by atoms with van der Waals surface area (Å²) < 4.78 is 4.85. The summed E-state index contributed by atoms with van der Waals surface area (Å²) in [4.78, 5) is 10.8. The Kier molecular flexibility index (Phi) is 8.77. The highest BCUT2D eigenvalue weighted by molar-refractivity contribution is 6.18. The van der Waals surface area contributed by atoms with Crippen LogP contribution in [0, 0.1) is 11.8 Å². The molecule has 2 aliphatic carbocycles. The smallest absolute Gasteiger partial charge is 0.161 e. The monoisotopic (exact) mass is 797 g/mol. The van der Waals surface area contributed by atoms with Gasteiger partial charge in [-0.2, -0.15) is 0 Å². The lowest BCUT2D eigenvalue weighted by molar-refractivity contribution is 0.472. The number of rotatable bonds is 7. The number of aliphatic imine (C=N–C) groups is 2. The van der Waals surface area contributed by atoms with E-state index in [9.17, 15) is 0 Å². The van der Waals surface area contributed by atoms with Crippen LogP contribution in [0.3, 0.4) is 0 Å². The van der Waals surface area contributed by atoms with Crippen LogP contribution in [0.2, 0.25) is 0 Å². The molecule has 296 valence electrons. The predicted octanol–water partition coefficient (Wildman–Crippen LogP) is 13.3. The van der Waals surface area contributed by atoms with Gasteiger partial charge in [0, 0.05) is 50.2 Å². The highest BCUT2D eigenvalue weighted by Crippen LogP contribution is 2.41. The second-order valence-corrected chi connectivity index (χ2v) is 16.5. The molecule has 0 spiro atoms. The molecule has 62 heavy (non-hydrogen) atoms. The fourth-order valence-corrected chi connectivity index (χ4v) is 9.91. The standard InChI is InChI=1S/C57H43N5/c1-4-17-38(18-5-1)39-31-33-42(34-32-39)56-58-55(41-21-8-3-9-22-41)59-57(60-56)48-25-12-15-29-51(48)62-49-27-13-10-23-45(49)46-36-35-43(37-53(46)62)61-50-28-14-11-24-47(50)54-44(26-16-30-52(54)61)40-19-6-2-7-20-40/h1-17,19-33,35-38,42,56H,18,34H2,(H,58,59,60). The minimum absolute atomic E-state index is 0.169. The molecule has 7 aromatic carbocycles. The molecule has 5 nitrogen and oxygen atoms in total. The van der Waals surface area contributed by atoms with Gasteiger partial charge in [-0.1, -0.05) is 170 Å². The van der Waals surface area contributed by atoms with Crippen LogP contribution in [0.15, 0.2) is 228 Å². The van der Waals surface area contributed by atoms with Crippen LogP contribution in [0.5, 0.6) is 0 Å². The quantitative estimate of drug-likeness (QED) is 0.172. The SMILES string of the molecule is C1=CCC(C2=CCC(C3N=C(c4ccccc4-n4c5ccccc5c5ccc(-n6c7ccccc7c7c(-c8ccccc8)cccc76)cc54)N=C(c4ccccc4)N3)C=C2)C=C1. The first-order valence-electron chi connectivity index (χ1n) is 21.7. The van der Waals surface area contributed by atoms with Crippen molar-refractivity contribution >= 4 is 55.3 Å². The zero-order valence-corrected chi connectivity index (χ0v) is 34.1. The number of fused-ring (bicyclic) bond motifs is 6. The maximum absolute atomic E-state index is 5.47. The lowest BCUT2D eigenvalue weighted by Crippen LogP contribution is -2.43. The molecular weight excluding hydrogens is 755 g/mol. The van der Waals surface area contributed by atoms with Gasteiger partial charge in [0.05, 0.1) is 27.8 Å². The largest absolute Gasteiger partial charge is 0.347 e. The van der Waals surface area contributed by atoms with Gasteiger partial charge in [-0.05, 0) is 72.0 Å². The molecule has 0 fully saturated rings. The lowest BCUT2D eigenvalue weighted by atomic mass is 9.85. The van der Waals surface area contributed by atoms with Gasteiger partial charge in [-0.25, -0.2) is 9.98 Å². The molecule has 0 saturated heterocycles. The Morgan fingerprint density at radius 1 is 0.532 bits per heavy atom. The van der Waals surface area contributed by atoms with Crippen molar-refractivity contribution in [3.63, 3.8) is 0 Å². The normalized spacial score (nSPS) is 18.6. The first kappa shape index (κ1) is 36.1. The second kappa shape index (κ2) is 15.1. The van der Waals surface area contributed by atoms with Crippen molar-refractivity contribution < 1.29 is 0 Å². The Hall–Kier alpha value is -7.76. The molecule has 3 atom stereocenters. The van der Waals surface area contributed by atoms with E-state index in [-0.39, 0.29) is 12.1 Å². The second-order valence-electron chi connectivity index (χ2n) is 16.5. The van der Waals surface area contributed by atoms with E-state index in [0.29, 0.717) is 5.92 Å². The van der Waals surface area contributed by atoms with Gasteiger partial charge in [0.1, 0.15) is 12.0 Å². The molecule has 5 heteroatoms. The molecule has 3 aliphatic rings. The molecule has 9 aromatic rings. The number of allylic oxidation sites excluding steroid dienone is 7. The number of benzene rings is 7. The fourth-order valence-electron chi connectivity index (χ4n) is 9.91. The van der Waals surface area contributed by atoms with Gasteiger partial charge >= 0.3 is 0 Å². The topological polar surface area (TPSA) is 46.6 Å². The van der Waals surface area contributed by atoms with Gasteiger partial charge in [-0.3, -0.25) is 0 Å². The van der Waals surface area contributed by atoms with E-state index >= 15 is 0 Å². The molecular formula is C57H43N5. The summed E-state index contributed by atoms with van der Waals surface area (Å²) in [6.07, 6.45) is 17.7. The average Bonchev–Trinajstić information content (AvgIpc) is 3.87. The Morgan fingerprint density at radius 2 is 1.23 bits per heavy atom. The van der Waals surface area contributed by atoms with Crippen molar-refractivity contribution in [2.75, 3.05) is 0 Å². The van der Waals surface area contributed by atoms with Crippen LogP contribution in [-0.4, -0.2) is 27.0 Å². The summed E-state index contributed by atoms with van der Waals surface area (Å²) in [5.41, 5.74) is 12.6. The number of hydrogen-bond acceptors (Lipinski definition) is 3. The van der Waals surface area contributed by atoms with Gasteiger partial charge in [-0.15, -0.1) is 0 Å². The van der Waals surface area contributed by atoms with E-state index in [4.69, 9.17) is 9.98 Å². The van der Waals surface area contributed by atoms with Crippen LogP contribution in [0.1, 0.15) is 24.0 Å². The Morgan fingerprint density at radius 3 is 2.02 bits per heavy atom. The summed E-state index contributed by atoms with van der Waals surface area (Å²) >= 11 is 0. The van der Waals surface area contributed by atoms with Gasteiger partial charge in [0.15, 0.2) is 5.84 Å². The predicted molar refractivity (Wildman–Crippen MR) is 259 cm³/mol. The van der Waals surface area contributed by atoms with Gasteiger partial charge in [0.25, 0.3) is 0 Å². The first-order chi connectivity index (χ1) is 30.8. The maximum atomic E-state index is 5.47. The Balaban J connectivity index is 1.03. The minimum atomic E-state index is -0.192. The third-order valence-electron chi connectivity index (χ3n) is 12.9. The van der Waals surface area contributed by atoms with E-state index in [0.717, 1.165) is 58.0 Å². The van der Waals surface area contributed by atoms with Crippen LogP contribution in [-0.2, 0) is 0 Å². The van der Waals surface area contributed by atoms with Crippen molar-refractivity contribution in [1.82, 2.24) is 14.5 Å². The van der Waals surface area contributed by atoms with E-state index < -0.39 is 0 Å². The number of para-hydroxylation sites is 3. The third-order valence-corrected chi connectivity index (χ3v) is 12.9. The van der Waals surface area contributed by atoms with Crippen LogP contribution < -0.4 is 5.32 Å². The molecule has 0 bridgehead atoms. The van der Waals surface area contributed by atoms with Crippen molar-refractivity contribution in [1.29, 1.82) is 0 Å². The highest BCUT2D eigenvalue weighted by Gasteiger charge is 2.29.